The van der Waals surface area contributed by atoms with Crippen molar-refractivity contribution in [2.75, 3.05) is 0 Å². The molecular weight excluding hydrogens is 382 g/mol. The smallest absolute Gasteiger partial charge is 0.204 e. The Bertz CT molecular complexity index is 1060. The summed E-state index contributed by atoms with van der Waals surface area (Å²) in [5.74, 6) is 0.873. The van der Waals surface area contributed by atoms with Crippen LogP contribution in [0, 0.1) is 0 Å². The van der Waals surface area contributed by atoms with Gasteiger partial charge in [-0.05, 0) is 49.1 Å². The number of ether oxygens (including phenoxy) is 1. The first kappa shape index (κ1) is 21.1. The van der Waals surface area contributed by atoms with Crippen LogP contribution in [0.1, 0.15) is 51.0 Å². The molecule has 1 atom stereocenters. The fourth-order valence-corrected chi connectivity index (χ4v) is 4.22. The lowest BCUT2D eigenvalue weighted by molar-refractivity contribution is -0.0386. The SMILES string of the molecule is CCCCCC(CCCc1ccccc1)(Oc1ccccc1)n1nnc2ccccc21. The van der Waals surface area contributed by atoms with Crippen molar-refractivity contribution in [1.82, 2.24) is 15.0 Å². The van der Waals surface area contributed by atoms with Gasteiger partial charge in [-0.1, -0.05) is 85.6 Å². The molecule has 0 bridgehead atoms. The van der Waals surface area contributed by atoms with Crippen LogP contribution in [0.4, 0.5) is 0 Å². The Balaban J connectivity index is 1.69. The molecule has 1 heterocycles. The summed E-state index contributed by atoms with van der Waals surface area (Å²) < 4.78 is 8.84. The Labute approximate surface area is 184 Å². The molecule has 31 heavy (non-hydrogen) atoms. The highest BCUT2D eigenvalue weighted by atomic mass is 16.5. The second-order valence-electron chi connectivity index (χ2n) is 8.15. The van der Waals surface area contributed by atoms with E-state index >= 15 is 0 Å². The predicted octanol–water partition coefficient (Wildman–Crippen LogP) is 6.77. The Morgan fingerprint density at radius 2 is 1.45 bits per heavy atom. The molecule has 4 rings (SSSR count). The van der Waals surface area contributed by atoms with Gasteiger partial charge in [0, 0.05) is 12.8 Å². The summed E-state index contributed by atoms with van der Waals surface area (Å²) in [6.07, 6.45) is 7.22. The van der Waals surface area contributed by atoms with E-state index < -0.39 is 5.72 Å². The first-order valence-corrected chi connectivity index (χ1v) is 11.4. The summed E-state index contributed by atoms with van der Waals surface area (Å²) in [4.78, 5) is 0. The highest BCUT2D eigenvalue weighted by Gasteiger charge is 2.36. The number of nitrogens with zero attached hydrogens (tertiary/aromatic N) is 3. The maximum atomic E-state index is 6.80. The maximum Gasteiger partial charge on any atom is 0.204 e. The van der Waals surface area contributed by atoms with Gasteiger partial charge in [0.25, 0.3) is 0 Å². The van der Waals surface area contributed by atoms with Gasteiger partial charge in [-0.25, -0.2) is 4.68 Å². The van der Waals surface area contributed by atoms with Crippen LogP contribution in [0.2, 0.25) is 0 Å². The largest absolute Gasteiger partial charge is 0.466 e. The van der Waals surface area contributed by atoms with E-state index in [0.717, 1.165) is 48.9 Å². The summed E-state index contributed by atoms with van der Waals surface area (Å²) in [6.45, 7) is 2.24. The van der Waals surface area contributed by atoms with E-state index in [1.165, 1.54) is 18.4 Å². The predicted molar refractivity (Wildman–Crippen MR) is 126 cm³/mol. The van der Waals surface area contributed by atoms with Crippen LogP contribution in [0.15, 0.2) is 84.9 Å². The lowest BCUT2D eigenvalue weighted by Crippen LogP contribution is -2.41. The zero-order valence-corrected chi connectivity index (χ0v) is 18.3. The van der Waals surface area contributed by atoms with Gasteiger partial charge in [0.15, 0.2) is 0 Å². The number of unbranched alkanes of at least 4 members (excludes halogenated alkanes) is 2. The van der Waals surface area contributed by atoms with Gasteiger partial charge in [0.2, 0.25) is 5.72 Å². The van der Waals surface area contributed by atoms with Crippen molar-refractivity contribution in [2.24, 2.45) is 0 Å². The number of rotatable bonds is 11. The molecule has 0 aliphatic carbocycles. The quantitative estimate of drug-likeness (QED) is 0.255. The van der Waals surface area contributed by atoms with Gasteiger partial charge >= 0.3 is 0 Å². The van der Waals surface area contributed by atoms with Gasteiger partial charge in [-0.15, -0.1) is 5.10 Å². The third-order valence-corrected chi connectivity index (χ3v) is 5.84. The van der Waals surface area contributed by atoms with Crippen LogP contribution in [-0.2, 0) is 12.1 Å². The van der Waals surface area contributed by atoms with Crippen LogP contribution < -0.4 is 4.74 Å². The van der Waals surface area contributed by atoms with Crippen molar-refractivity contribution in [3.05, 3.63) is 90.5 Å². The second kappa shape index (κ2) is 10.3. The molecule has 1 unspecified atom stereocenters. The summed E-state index contributed by atoms with van der Waals surface area (Å²) in [5, 5.41) is 9.06. The Morgan fingerprint density at radius 1 is 0.774 bits per heavy atom. The van der Waals surface area contributed by atoms with Gasteiger partial charge < -0.3 is 4.74 Å². The van der Waals surface area contributed by atoms with Crippen molar-refractivity contribution >= 4 is 11.0 Å². The van der Waals surface area contributed by atoms with Gasteiger partial charge in [0.1, 0.15) is 11.3 Å². The lowest BCUT2D eigenvalue weighted by atomic mass is 9.96. The van der Waals surface area contributed by atoms with Gasteiger partial charge in [0.05, 0.1) is 5.52 Å². The van der Waals surface area contributed by atoms with Gasteiger partial charge in [-0.2, -0.15) is 0 Å². The highest BCUT2D eigenvalue weighted by molar-refractivity contribution is 5.74. The summed E-state index contributed by atoms with van der Waals surface area (Å²) in [5.41, 5.74) is 2.71. The normalized spacial score (nSPS) is 13.2. The third-order valence-electron chi connectivity index (χ3n) is 5.84. The second-order valence-corrected chi connectivity index (χ2v) is 8.15. The van der Waals surface area contributed by atoms with Crippen LogP contribution >= 0.6 is 0 Å². The molecule has 4 nitrogen and oxygen atoms in total. The average molecular weight is 414 g/mol. The van der Waals surface area contributed by atoms with Crippen LogP contribution in [0.3, 0.4) is 0 Å². The first-order chi connectivity index (χ1) is 15.3. The van der Waals surface area contributed by atoms with E-state index in [0.29, 0.717) is 0 Å². The van der Waals surface area contributed by atoms with E-state index in [1.54, 1.807) is 0 Å². The Morgan fingerprint density at radius 3 is 2.23 bits per heavy atom. The van der Waals surface area contributed by atoms with E-state index in [-0.39, 0.29) is 0 Å². The minimum Gasteiger partial charge on any atom is -0.466 e. The molecule has 160 valence electrons. The van der Waals surface area contributed by atoms with Crippen molar-refractivity contribution < 1.29 is 4.74 Å². The number of aryl methyl sites for hydroxylation is 1. The zero-order valence-electron chi connectivity index (χ0n) is 18.3. The van der Waals surface area contributed by atoms with Crippen LogP contribution in [-0.4, -0.2) is 15.0 Å². The summed E-state index contributed by atoms with van der Waals surface area (Å²) in [7, 11) is 0. The molecule has 0 amide bonds. The minimum atomic E-state index is -0.568. The molecular formula is C27H31N3O. The fourth-order valence-electron chi connectivity index (χ4n) is 4.22. The number of fused-ring (bicyclic) bond motifs is 1. The molecule has 0 N–H and O–H groups in total. The van der Waals surface area contributed by atoms with Crippen molar-refractivity contribution in [3.8, 4) is 5.75 Å². The molecule has 0 fully saturated rings. The van der Waals surface area contributed by atoms with Gasteiger partial charge in [-0.3, -0.25) is 0 Å². The highest BCUT2D eigenvalue weighted by Crippen LogP contribution is 2.35. The zero-order chi connectivity index (χ0) is 21.4. The molecule has 0 aliphatic rings. The van der Waals surface area contributed by atoms with Crippen LogP contribution in [0.5, 0.6) is 5.75 Å². The first-order valence-electron chi connectivity index (χ1n) is 11.4. The summed E-state index contributed by atoms with van der Waals surface area (Å²) >= 11 is 0. The van der Waals surface area contributed by atoms with E-state index in [9.17, 15) is 0 Å². The minimum absolute atomic E-state index is 0.568. The Hall–Kier alpha value is -3.14. The fraction of sp³-hybridized carbons (Fsp3) is 0.333. The molecule has 0 spiro atoms. The average Bonchev–Trinajstić information content (AvgIpc) is 3.25. The topological polar surface area (TPSA) is 39.9 Å². The molecule has 4 heteroatoms. The molecule has 0 saturated carbocycles. The Kier molecular flexibility index (Phi) is 6.98. The number of benzene rings is 3. The van der Waals surface area contributed by atoms with Crippen molar-refractivity contribution in [1.29, 1.82) is 0 Å². The standard InChI is InChI=1S/C27H31N3O/c1-2-3-12-21-27(31-24-17-8-5-9-18-24,22-13-16-23-14-6-4-7-15-23)30-26-20-11-10-19-25(26)28-29-30/h4-11,14-15,17-20H,2-3,12-13,16,21-22H2,1H3. The molecule has 4 aromatic rings. The number of hydrogen-bond donors (Lipinski definition) is 0. The maximum absolute atomic E-state index is 6.80. The van der Waals surface area contributed by atoms with Crippen molar-refractivity contribution in [3.63, 3.8) is 0 Å². The lowest BCUT2D eigenvalue weighted by Gasteiger charge is -2.35. The summed E-state index contributed by atoms with van der Waals surface area (Å²) in [6, 6.07) is 29.0. The monoisotopic (exact) mass is 413 g/mol. The van der Waals surface area contributed by atoms with Crippen molar-refractivity contribution in [2.45, 2.75) is 57.6 Å². The number of hydrogen-bond acceptors (Lipinski definition) is 3. The molecule has 1 aromatic heterocycles. The molecule has 0 aliphatic heterocycles. The molecule has 3 aromatic carbocycles. The van der Waals surface area contributed by atoms with Crippen LogP contribution in [0.25, 0.3) is 11.0 Å². The molecule has 0 radical (unpaired) electrons. The number of aromatic nitrogens is 3. The number of para-hydroxylation sites is 2. The van der Waals surface area contributed by atoms with E-state index in [4.69, 9.17) is 4.74 Å². The van der Waals surface area contributed by atoms with E-state index in [1.807, 2.05) is 53.2 Å². The van der Waals surface area contributed by atoms with E-state index in [2.05, 4.69) is 53.6 Å². The third kappa shape index (κ3) is 5.13. The molecule has 0 saturated heterocycles.